The summed E-state index contributed by atoms with van der Waals surface area (Å²) < 4.78 is 4.80. The Morgan fingerprint density at radius 3 is 2.50 bits per heavy atom. The van der Waals surface area contributed by atoms with E-state index < -0.39 is 11.4 Å². The number of likely N-dealkylation sites (tertiary alicyclic amines) is 1. The van der Waals surface area contributed by atoms with Gasteiger partial charge in [0.1, 0.15) is 5.69 Å². The first-order valence-electron chi connectivity index (χ1n) is 6.94. The number of carboxylic acid groups (broad SMARTS) is 1. The molecule has 1 amide bonds. The van der Waals surface area contributed by atoms with Crippen LogP contribution in [0.5, 0.6) is 0 Å². The second kappa shape index (κ2) is 6.13. The zero-order valence-corrected chi connectivity index (χ0v) is 12.5. The summed E-state index contributed by atoms with van der Waals surface area (Å²) in [6, 6.07) is 2.75. The first-order valence-corrected chi connectivity index (χ1v) is 6.94. The number of esters is 1. The van der Waals surface area contributed by atoms with Gasteiger partial charge in [-0.15, -0.1) is 0 Å². The molecule has 22 heavy (non-hydrogen) atoms. The van der Waals surface area contributed by atoms with E-state index in [-0.39, 0.29) is 23.1 Å². The molecule has 2 rings (SSSR count). The van der Waals surface area contributed by atoms with E-state index in [1.54, 1.807) is 4.90 Å². The minimum absolute atomic E-state index is 0.165. The molecule has 0 spiro atoms. The molecule has 1 aliphatic heterocycles. The number of methoxy groups -OCH3 is 1. The molecule has 1 saturated heterocycles. The molecule has 0 unspecified atom stereocenters. The van der Waals surface area contributed by atoms with Crippen molar-refractivity contribution in [3.63, 3.8) is 0 Å². The summed E-state index contributed by atoms with van der Waals surface area (Å²) >= 11 is 0. The summed E-state index contributed by atoms with van der Waals surface area (Å²) in [6.07, 6.45) is 2.34. The number of rotatable bonds is 3. The van der Waals surface area contributed by atoms with Crippen molar-refractivity contribution in [1.29, 1.82) is 0 Å². The molecule has 0 radical (unpaired) electrons. The molecular weight excluding hydrogens is 288 g/mol. The fraction of sp³-hybridized carbons (Fsp3) is 0.467. The van der Waals surface area contributed by atoms with Gasteiger partial charge in [0.2, 0.25) is 0 Å². The highest BCUT2D eigenvalue weighted by Gasteiger charge is 2.39. The zero-order valence-electron chi connectivity index (χ0n) is 12.5. The summed E-state index contributed by atoms with van der Waals surface area (Å²) in [5, 5.41) is 8.92. The van der Waals surface area contributed by atoms with E-state index in [9.17, 15) is 14.4 Å². The van der Waals surface area contributed by atoms with Crippen LogP contribution in [0.4, 0.5) is 0 Å². The first kappa shape index (κ1) is 15.9. The SMILES string of the molecule is COC(=O)C1(C)CCN(C(=O)c2ccnc(C(=O)O)c2)CC1. The lowest BCUT2D eigenvalue weighted by Crippen LogP contribution is -2.45. The van der Waals surface area contributed by atoms with E-state index in [0.717, 1.165) is 0 Å². The standard InChI is InChI=1S/C15H18N2O5/c1-15(14(21)22-2)4-7-17(8-5-15)12(18)10-3-6-16-11(9-10)13(19)20/h3,6,9H,4-5,7-8H2,1-2H3,(H,19,20). The van der Waals surface area contributed by atoms with Crippen molar-refractivity contribution in [2.45, 2.75) is 19.8 Å². The molecule has 7 nitrogen and oxygen atoms in total. The highest BCUT2D eigenvalue weighted by Crippen LogP contribution is 2.32. The molecule has 0 saturated carbocycles. The summed E-state index contributed by atoms with van der Waals surface area (Å²) in [4.78, 5) is 40.4. The third kappa shape index (κ3) is 3.08. The van der Waals surface area contributed by atoms with Crippen molar-refractivity contribution in [2.24, 2.45) is 5.41 Å². The van der Waals surface area contributed by atoms with Crippen molar-refractivity contribution in [3.05, 3.63) is 29.6 Å². The maximum atomic E-state index is 12.4. The van der Waals surface area contributed by atoms with E-state index in [2.05, 4.69) is 4.98 Å². The van der Waals surface area contributed by atoms with Crippen LogP contribution in [0.2, 0.25) is 0 Å². The number of piperidine rings is 1. The van der Waals surface area contributed by atoms with Crippen molar-refractivity contribution < 1.29 is 24.2 Å². The normalized spacial score (nSPS) is 16.9. The number of amides is 1. The van der Waals surface area contributed by atoms with E-state index in [0.29, 0.717) is 25.9 Å². The van der Waals surface area contributed by atoms with Crippen LogP contribution in [0.25, 0.3) is 0 Å². The average molecular weight is 306 g/mol. The molecule has 1 aliphatic rings. The third-order valence-corrected chi connectivity index (χ3v) is 4.06. The quantitative estimate of drug-likeness (QED) is 0.843. The molecule has 7 heteroatoms. The minimum Gasteiger partial charge on any atom is -0.477 e. The number of carboxylic acids is 1. The van der Waals surface area contributed by atoms with E-state index in [1.165, 1.54) is 25.4 Å². The number of ether oxygens (including phenoxy) is 1. The van der Waals surface area contributed by atoms with Crippen LogP contribution in [0.15, 0.2) is 18.3 Å². The molecule has 1 fully saturated rings. The predicted molar refractivity (Wildman–Crippen MR) is 76.5 cm³/mol. The Bertz CT molecular complexity index is 606. The zero-order chi connectivity index (χ0) is 16.3. The maximum Gasteiger partial charge on any atom is 0.354 e. The molecule has 1 aromatic heterocycles. The Morgan fingerprint density at radius 1 is 1.32 bits per heavy atom. The Morgan fingerprint density at radius 2 is 1.95 bits per heavy atom. The molecule has 1 N–H and O–H groups in total. The Kier molecular flexibility index (Phi) is 4.44. The Balaban J connectivity index is 2.08. The van der Waals surface area contributed by atoms with Crippen LogP contribution in [0, 0.1) is 5.41 Å². The molecular formula is C15H18N2O5. The maximum absolute atomic E-state index is 12.4. The molecule has 0 aromatic carbocycles. The van der Waals surface area contributed by atoms with Gasteiger partial charge >= 0.3 is 11.9 Å². The number of carbonyl (C=O) groups excluding carboxylic acids is 2. The molecule has 118 valence electrons. The summed E-state index contributed by atoms with van der Waals surface area (Å²) in [7, 11) is 1.36. The number of aromatic carboxylic acids is 1. The van der Waals surface area contributed by atoms with E-state index >= 15 is 0 Å². The van der Waals surface area contributed by atoms with Crippen molar-refractivity contribution >= 4 is 17.8 Å². The van der Waals surface area contributed by atoms with Gasteiger partial charge in [-0.1, -0.05) is 0 Å². The van der Waals surface area contributed by atoms with E-state index in [1.807, 2.05) is 6.92 Å². The van der Waals surface area contributed by atoms with Gasteiger partial charge in [-0.2, -0.15) is 0 Å². The second-order valence-electron chi connectivity index (χ2n) is 5.58. The van der Waals surface area contributed by atoms with Gasteiger partial charge in [-0.05, 0) is 31.9 Å². The molecule has 0 bridgehead atoms. The Hall–Kier alpha value is -2.44. The van der Waals surface area contributed by atoms with Gasteiger partial charge in [0, 0.05) is 24.8 Å². The topological polar surface area (TPSA) is 96.8 Å². The van der Waals surface area contributed by atoms with Gasteiger partial charge in [0.05, 0.1) is 12.5 Å². The summed E-state index contributed by atoms with van der Waals surface area (Å²) in [5.41, 5.74) is -0.452. The largest absolute Gasteiger partial charge is 0.477 e. The van der Waals surface area contributed by atoms with Crippen molar-refractivity contribution in [1.82, 2.24) is 9.88 Å². The monoisotopic (exact) mass is 306 g/mol. The fourth-order valence-corrected chi connectivity index (χ4v) is 2.52. The van der Waals surface area contributed by atoms with Gasteiger partial charge in [-0.25, -0.2) is 9.78 Å². The lowest BCUT2D eigenvalue weighted by atomic mass is 9.80. The molecule has 0 atom stereocenters. The number of nitrogens with zero attached hydrogens (tertiary/aromatic N) is 2. The van der Waals surface area contributed by atoms with E-state index in [4.69, 9.17) is 9.84 Å². The number of aromatic nitrogens is 1. The summed E-state index contributed by atoms with van der Waals surface area (Å²) in [6.45, 7) is 2.68. The van der Waals surface area contributed by atoms with Crippen molar-refractivity contribution in [2.75, 3.05) is 20.2 Å². The van der Waals surface area contributed by atoms with Gasteiger partial charge in [-0.3, -0.25) is 9.59 Å². The molecule has 1 aromatic rings. The fourth-order valence-electron chi connectivity index (χ4n) is 2.52. The first-order chi connectivity index (χ1) is 10.4. The van der Waals surface area contributed by atoms with Crippen LogP contribution in [0.3, 0.4) is 0 Å². The van der Waals surface area contributed by atoms with Crippen LogP contribution in [-0.4, -0.2) is 53.0 Å². The third-order valence-electron chi connectivity index (χ3n) is 4.06. The van der Waals surface area contributed by atoms with Crippen LogP contribution >= 0.6 is 0 Å². The number of carbonyl (C=O) groups is 3. The van der Waals surface area contributed by atoms with Crippen molar-refractivity contribution in [3.8, 4) is 0 Å². The average Bonchev–Trinajstić information content (AvgIpc) is 2.54. The van der Waals surface area contributed by atoms with Crippen LogP contribution in [0.1, 0.15) is 40.6 Å². The second-order valence-corrected chi connectivity index (χ2v) is 5.58. The van der Waals surface area contributed by atoms with Gasteiger partial charge < -0.3 is 14.7 Å². The lowest BCUT2D eigenvalue weighted by Gasteiger charge is -2.37. The van der Waals surface area contributed by atoms with Gasteiger partial charge in [0.25, 0.3) is 5.91 Å². The van der Waals surface area contributed by atoms with Crippen LogP contribution < -0.4 is 0 Å². The van der Waals surface area contributed by atoms with Gasteiger partial charge in [0.15, 0.2) is 0 Å². The lowest BCUT2D eigenvalue weighted by molar-refractivity contribution is -0.154. The smallest absolute Gasteiger partial charge is 0.354 e. The molecule has 2 heterocycles. The number of pyridine rings is 1. The Labute approximate surface area is 127 Å². The van der Waals surface area contributed by atoms with Crippen LogP contribution in [-0.2, 0) is 9.53 Å². The number of hydrogen-bond acceptors (Lipinski definition) is 5. The summed E-state index contributed by atoms with van der Waals surface area (Å²) in [5.74, 6) is -1.69. The predicted octanol–water partition coefficient (Wildman–Crippen LogP) is 1.20. The highest BCUT2D eigenvalue weighted by atomic mass is 16.5. The highest BCUT2D eigenvalue weighted by molar-refractivity contribution is 5.96. The number of hydrogen-bond donors (Lipinski definition) is 1. The molecule has 0 aliphatic carbocycles. The minimum atomic E-state index is -1.17.